The fourth-order valence-corrected chi connectivity index (χ4v) is 4.22. The van der Waals surface area contributed by atoms with Gasteiger partial charge in [0.1, 0.15) is 0 Å². The Bertz CT molecular complexity index is 388. The van der Waals surface area contributed by atoms with E-state index in [1.54, 1.807) is 0 Å². The van der Waals surface area contributed by atoms with E-state index in [0.29, 0.717) is 12.1 Å². The van der Waals surface area contributed by atoms with Gasteiger partial charge in [0, 0.05) is 24.2 Å². The molecule has 1 aromatic heterocycles. The first-order chi connectivity index (χ1) is 8.61. The minimum absolute atomic E-state index is 0.327. The first-order valence-corrected chi connectivity index (χ1v) is 8.11. The summed E-state index contributed by atoms with van der Waals surface area (Å²) in [4.78, 5) is 2.47. The van der Waals surface area contributed by atoms with Crippen molar-refractivity contribution in [3.63, 3.8) is 0 Å². The molecule has 0 aliphatic carbocycles. The van der Waals surface area contributed by atoms with Crippen LogP contribution < -0.4 is 5.32 Å². The van der Waals surface area contributed by atoms with Crippen LogP contribution in [-0.2, 0) is 0 Å². The minimum atomic E-state index is 0.327. The van der Waals surface area contributed by atoms with E-state index in [4.69, 9.17) is 23.2 Å². The molecule has 2 nitrogen and oxygen atoms in total. The van der Waals surface area contributed by atoms with Crippen LogP contribution in [0.15, 0.2) is 6.07 Å². The van der Waals surface area contributed by atoms with Crippen LogP contribution in [0.2, 0.25) is 8.67 Å². The van der Waals surface area contributed by atoms with Gasteiger partial charge in [-0.3, -0.25) is 4.90 Å². The van der Waals surface area contributed by atoms with E-state index < -0.39 is 0 Å². The maximum Gasteiger partial charge on any atom is 0.0991 e. The van der Waals surface area contributed by atoms with Crippen LogP contribution in [-0.4, -0.2) is 30.6 Å². The van der Waals surface area contributed by atoms with E-state index in [2.05, 4.69) is 24.1 Å². The van der Waals surface area contributed by atoms with Crippen molar-refractivity contribution in [2.45, 2.75) is 38.8 Å². The van der Waals surface area contributed by atoms with Crippen molar-refractivity contribution in [3.05, 3.63) is 20.3 Å². The average Bonchev–Trinajstić information content (AvgIpc) is 2.95. The Morgan fingerprint density at radius 2 is 2.33 bits per heavy atom. The van der Waals surface area contributed by atoms with Gasteiger partial charge in [0.25, 0.3) is 0 Å². The molecule has 2 unspecified atom stereocenters. The summed E-state index contributed by atoms with van der Waals surface area (Å²) in [6.45, 7) is 7.68. The number of hydrogen-bond acceptors (Lipinski definition) is 3. The normalized spacial score (nSPS) is 21.7. The largest absolute Gasteiger partial charge is 0.313 e. The lowest BCUT2D eigenvalue weighted by Gasteiger charge is -2.30. The lowest BCUT2D eigenvalue weighted by molar-refractivity contribution is 0.203. The molecular formula is C13H20Cl2N2S. The maximum atomic E-state index is 6.25. The molecule has 18 heavy (non-hydrogen) atoms. The summed E-state index contributed by atoms with van der Waals surface area (Å²) in [6, 6.07) is 2.96. The quantitative estimate of drug-likeness (QED) is 0.877. The van der Waals surface area contributed by atoms with Crippen molar-refractivity contribution >= 4 is 34.5 Å². The number of nitrogens with zero attached hydrogens (tertiary/aromatic N) is 1. The molecule has 2 heterocycles. The summed E-state index contributed by atoms with van der Waals surface area (Å²) in [5, 5.41) is 3.55. The number of rotatable bonds is 5. The molecule has 1 fully saturated rings. The van der Waals surface area contributed by atoms with Gasteiger partial charge in [-0.2, -0.15) is 0 Å². The molecule has 1 aromatic rings. The highest BCUT2D eigenvalue weighted by Crippen LogP contribution is 2.37. The molecule has 0 spiro atoms. The Hall–Kier alpha value is 0.200. The first kappa shape index (κ1) is 14.6. The van der Waals surface area contributed by atoms with Gasteiger partial charge in [0.05, 0.1) is 8.67 Å². The Kier molecular flexibility index (Phi) is 5.34. The Morgan fingerprint density at radius 3 is 2.83 bits per heavy atom. The van der Waals surface area contributed by atoms with Crippen molar-refractivity contribution in [2.24, 2.45) is 0 Å². The second kappa shape index (κ2) is 6.58. The van der Waals surface area contributed by atoms with Crippen LogP contribution in [0.4, 0.5) is 0 Å². The molecule has 0 saturated carbocycles. The summed E-state index contributed by atoms with van der Waals surface area (Å²) >= 11 is 13.7. The zero-order chi connectivity index (χ0) is 13.1. The van der Waals surface area contributed by atoms with Gasteiger partial charge in [-0.25, -0.2) is 0 Å². The summed E-state index contributed by atoms with van der Waals surface area (Å²) < 4.78 is 1.60. The van der Waals surface area contributed by atoms with Gasteiger partial charge in [-0.05, 0) is 38.9 Å². The van der Waals surface area contributed by atoms with Crippen LogP contribution >= 0.6 is 34.5 Å². The van der Waals surface area contributed by atoms with Crippen LogP contribution in [0.5, 0.6) is 0 Å². The summed E-state index contributed by atoms with van der Waals surface area (Å²) in [5.41, 5.74) is 1.16. The van der Waals surface area contributed by atoms with Crippen LogP contribution in [0.3, 0.4) is 0 Å². The van der Waals surface area contributed by atoms with Gasteiger partial charge < -0.3 is 5.32 Å². The van der Waals surface area contributed by atoms with Crippen molar-refractivity contribution in [1.82, 2.24) is 10.2 Å². The summed E-state index contributed by atoms with van der Waals surface area (Å²) in [5.74, 6) is 0. The van der Waals surface area contributed by atoms with E-state index in [0.717, 1.165) is 33.9 Å². The van der Waals surface area contributed by atoms with Gasteiger partial charge in [0.2, 0.25) is 0 Å². The Labute approximate surface area is 123 Å². The number of thiophene rings is 1. The fraction of sp³-hybridized carbons (Fsp3) is 0.692. The molecule has 0 amide bonds. The number of likely N-dealkylation sites (N-methyl/N-ethyl adjacent to an activating group) is 1. The second-order valence-electron chi connectivity index (χ2n) is 4.84. The van der Waals surface area contributed by atoms with Gasteiger partial charge in [0.15, 0.2) is 0 Å². The predicted octanol–water partition coefficient (Wildman–Crippen LogP) is 4.19. The molecule has 0 bridgehead atoms. The third-order valence-corrected chi connectivity index (χ3v) is 5.22. The standard InChI is InChI=1S/C13H20Cl2N2S/c1-3-17(8-10-5-4-6-16-10)9(2)11-7-12(14)18-13(11)15/h7,9-10,16H,3-6,8H2,1-2H3. The molecule has 102 valence electrons. The molecular weight excluding hydrogens is 287 g/mol. The summed E-state index contributed by atoms with van der Waals surface area (Å²) in [7, 11) is 0. The van der Waals surface area contributed by atoms with Crippen molar-refractivity contribution in [3.8, 4) is 0 Å². The molecule has 1 N–H and O–H groups in total. The van der Waals surface area contributed by atoms with Crippen LogP contribution in [0.1, 0.15) is 38.3 Å². The van der Waals surface area contributed by atoms with Crippen LogP contribution in [0, 0.1) is 0 Å². The zero-order valence-electron chi connectivity index (χ0n) is 10.9. The van der Waals surface area contributed by atoms with E-state index in [1.165, 1.54) is 24.2 Å². The van der Waals surface area contributed by atoms with Gasteiger partial charge in [-0.15, -0.1) is 11.3 Å². The fourth-order valence-electron chi connectivity index (χ4n) is 2.59. The van der Waals surface area contributed by atoms with Gasteiger partial charge >= 0.3 is 0 Å². The molecule has 5 heteroatoms. The highest BCUT2D eigenvalue weighted by molar-refractivity contribution is 7.20. The zero-order valence-corrected chi connectivity index (χ0v) is 13.2. The topological polar surface area (TPSA) is 15.3 Å². The first-order valence-electron chi connectivity index (χ1n) is 6.54. The summed E-state index contributed by atoms with van der Waals surface area (Å²) in [6.07, 6.45) is 2.57. The lowest BCUT2D eigenvalue weighted by atomic mass is 10.1. The third kappa shape index (κ3) is 3.40. The molecule has 1 saturated heterocycles. The molecule has 1 aliphatic rings. The second-order valence-corrected chi connectivity index (χ2v) is 7.12. The van der Waals surface area contributed by atoms with Gasteiger partial charge in [-0.1, -0.05) is 30.1 Å². The van der Waals surface area contributed by atoms with Crippen LogP contribution in [0.25, 0.3) is 0 Å². The molecule has 2 rings (SSSR count). The van der Waals surface area contributed by atoms with E-state index in [1.807, 2.05) is 6.07 Å². The minimum Gasteiger partial charge on any atom is -0.313 e. The Balaban J connectivity index is 2.04. The Morgan fingerprint density at radius 1 is 1.56 bits per heavy atom. The van der Waals surface area contributed by atoms with Crippen molar-refractivity contribution in [1.29, 1.82) is 0 Å². The SMILES string of the molecule is CCN(CC1CCCN1)C(C)c1cc(Cl)sc1Cl. The van der Waals surface area contributed by atoms with E-state index in [9.17, 15) is 0 Å². The van der Waals surface area contributed by atoms with Crippen molar-refractivity contribution in [2.75, 3.05) is 19.6 Å². The molecule has 1 aliphatic heterocycles. The maximum absolute atomic E-state index is 6.25. The number of hydrogen-bond donors (Lipinski definition) is 1. The van der Waals surface area contributed by atoms with Crippen molar-refractivity contribution < 1.29 is 0 Å². The molecule has 2 atom stereocenters. The van der Waals surface area contributed by atoms with E-state index >= 15 is 0 Å². The molecule has 0 radical (unpaired) electrons. The predicted molar refractivity (Wildman–Crippen MR) is 81.0 cm³/mol. The van der Waals surface area contributed by atoms with E-state index in [-0.39, 0.29) is 0 Å². The highest BCUT2D eigenvalue weighted by Gasteiger charge is 2.23. The lowest BCUT2D eigenvalue weighted by Crippen LogP contribution is -2.38. The average molecular weight is 307 g/mol. The number of halogens is 2. The smallest absolute Gasteiger partial charge is 0.0991 e. The third-order valence-electron chi connectivity index (χ3n) is 3.70. The highest BCUT2D eigenvalue weighted by atomic mass is 35.5. The monoisotopic (exact) mass is 306 g/mol. The molecule has 0 aromatic carbocycles. The number of nitrogens with one attached hydrogen (secondary N) is 1.